The Kier molecular flexibility index (Phi) is 8.20. The zero-order chi connectivity index (χ0) is 28.3. The molecule has 0 fully saturated rings. The van der Waals surface area contributed by atoms with E-state index in [1.165, 1.54) is 6.07 Å². The molecule has 10 heteroatoms. The van der Waals surface area contributed by atoms with Crippen LogP contribution in [0, 0.1) is 0 Å². The molecule has 1 amide bonds. The van der Waals surface area contributed by atoms with Gasteiger partial charge in [-0.25, -0.2) is 8.42 Å². The van der Waals surface area contributed by atoms with Gasteiger partial charge in [-0.2, -0.15) is 4.31 Å². The molecule has 0 aromatic heterocycles. The SMILES string of the molecule is CCOc1ccc(Br)cc1S(=O)(=O)N1Cc2ccccc2C[C@@H]1C(=O)OCC(=O)Nc1ccc2ccccc2c1. The number of nitrogens with one attached hydrogen (secondary N) is 1. The molecular weight excluding hydrogens is 596 g/mol. The maximum absolute atomic E-state index is 14.0. The van der Waals surface area contributed by atoms with E-state index < -0.39 is 34.5 Å². The summed E-state index contributed by atoms with van der Waals surface area (Å²) < 4.78 is 40.6. The zero-order valence-corrected chi connectivity index (χ0v) is 24.1. The number of esters is 1. The Labute approximate surface area is 241 Å². The first-order valence-electron chi connectivity index (χ1n) is 12.7. The predicted molar refractivity (Wildman–Crippen MR) is 156 cm³/mol. The van der Waals surface area contributed by atoms with E-state index in [9.17, 15) is 18.0 Å². The molecular formula is C30H27BrN2O6S. The summed E-state index contributed by atoms with van der Waals surface area (Å²) in [5.41, 5.74) is 2.20. The van der Waals surface area contributed by atoms with E-state index in [2.05, 4.69) is 21.2 Å². The minimum Gasteiger partial charge on any atom is -0.492 e. The molecule has 40 heavy (non-hydrogen) atoms. The van der Waals surface area contributed by atoms with Gasteiger partial charge in [-0.15, -0.1) is 0 Å². The molecule has 0 unspecified atom stereocenters. The highest BCUT2D eigenvalue weighted by Crippen LogP contribution is 2.35. The molecule has 206 valence electrons. The molecule has 1 aliphatic heterocycles. The van der Waals surface area contributed by atoms with Crippen LogP contribution in [0.5, 0.6) is 5.75 Å². The normalized spacial score (nSPS) is 15.3. The van der Waals surface area contributed by atoms with Gasteiger partial charge in [-0.05, 0) is 59.2 Å². The first kappa shape index (κ1) is 27.8. The average Bonchev–Trinajstić information content (AvgIpc) is 2.96. The molecule has 0 spiro atoms. The Morgan fingerprint density at radius 3 is 2.45 bits per heavy atom. The van der Waals surface area contributed by atoms with Crippen molar-refractivity contribution in [3.63, 3.8) is 0 Å². The Bertz CT molecular complexity index is 1690. The fraction of sp³-hybridized carbons (Fsp3) is 0.200. The van der Waals surface area contributed by atoms with Gasteiger partial charge in [0.15, 0.2) is 6.61 Å². The number of benzene rings is 4. The van der Waals surface area contributed by atoms with Gasteiger partial charge in [0.25, 0.3) is 5.91 Å². The van der Waals surface area contributed by atoms with Crippen molar-refractivity contribution in [1.29, 1.82) is 0 Å². The molecule has 0 saturated heterocycles. The summed E-state index contributed by atoms with van der Waals surface area (Å²) >= 11 is 3.34. The minimum absolute atomic E-state index is 0.0281. The number of amides is 1. The van der Waals surface area contributed by atoms with Crippen molar-refractivity contribution >= 4 is 54.3 Å². The van der Waals surface area contributed by atoms with Crippen molar-refractivity contribution in [3.8, 4) is 5.75 Å². The number of carbonyl (C=O) groups excluding carboxylic acids is 2. The molecule has 0 radical (unpaired) electrons. The van der Waals surface area contributed by atoms with Crippen molar-refractivity contribution in [2.45, 2.75) is 30.8 Å². The summed E-state index contributed by atoms with van der Waals surface area (Å²) in [4.78, 5) is 25.9. The Morgan fingerprint density at radius 1 is 0.950 bits per heavy atom. The molecule has 1 aliphatic rings. The van der Waals surface area contributed by atoms with E-state index in [-0.39, 0.29) is 30.2 Å². The zero-order valence-electron chi connectivity index (χ0n) is 21.7. The van der Waals surface area contributed by atoms with Gasteiger partial charge in [0, 0.05) is 23.1 Å². The van der Waals surface area contributed by atoms with Crippen LogP contribution in [-0.2, 0) is 37.3 Å². The van der Waals surface area contributed by atoms with Crippen LogP contribution in [0.1, 0.15) is 18.1 Å². The van der Waals surface area contributed by atoms with Gasteiger partial charge in [0.1, 0.15) is 16.7 Å². The second-order valence-corrected chi connectivity index (χ2v) is 12.1. The maximum Gasteiger partial charge on any atom is 0.325 e. The van der Waals surface area contributed by atoms with Crippen LogP contribution < -0.4 is 10.1 Å². The number of sulfonamides is 1. The second kappa shape index (κ2) is 11.8. The second-order valence-electron chi connectivity index (χ2n) is 9.28. The van der Waals surface area contributed by atoms with Gasteiger partial charge in [-0.1, -0.05) is 70.5 Å². The molecule has 1 atom stereocenters. The summed E-state index contributed by atoms with van der Waals surface area (Å²) in [5, 5.41) is 4.72. The van der Waals surface area contributed by atoms with E-state index in [1.807, 2.05) is 60.7 Å². The average molecular weight is 624 g/mol. The fourth-order valence-electron chi connectivity index (χ4n) is 4.73. The third-order valence-corrected chi connectivity index (χ3v) is 9.02. The lowest BCUT2D eigenvalue weighted by Gasteiger charge is -2.34. The van der Waals surface area contributed by atoms with E-state index >= 15 is 0 Å². The number of anilines is 1. The highest BCUT2D eigenvalue weighted by molar-refractivity contribution is 9.10. The van der Waals surface area contributed by atoms with Gasteiger partial charge >= 0.3 is 5.97 Å². The molecule has 0 bridgehead atoms. The minimum atomic E-state index is -4.21. The lowest BCUT2D eigenvalue weighted by Crippen LogP contribution is -2.49. The van der Waals surface area contributed by atoms with E-state index in [0.29, 0.717) is 10.2 Å². The molecule has 5 rings (SSSR count). The van der Waals surface area contributed by atoms with Gasteiger partial charge in [-0.3, -0.25) is 9.59 Å². The van der Waals surface area contributed by atoms with Crippen molar-refractivity contribution < 1.29 is 27.5 Å². The molecule has 0 aliphatic carbocycles. The quantitative estimate of drug-likeness (QED) is 0.268. The van der Waals surface area contributed by atoms with Crippen LogP contribution in [0.15, 0.2) is 94.3 Å². The number of hydrogen-bond acceptors (Lipinski definition) is 6. The fourth-order valence-corrected chi connectivity index (χ4v) is 6.96. The van der Waals surface area contributed by atoms with Crippen molar-refractivity contribution in [2.24, 2.45) is 0 Å². The third-order valence-electron chi connectivity index (χ3n) is 6.65. The topological polar surface area (TPSA) is 102 Å². The third kappa shape index (κ3) is 5.89. The lowest BCUT2D eigenvalue weighted by molar-refractivity contribution is -0.151. The monoisotopic (exact) mass is 622 g/mol. The number of carbonyl (C=O) groups is 2. The number of halogens is 1. The predicted octanol–water partition coefficient (Wildman–Crippen LogP) is 5.30. The van der Waals surface area contributed by atoms with Crippen molar-refractivity contribution in [2.75, 3.05) is 18.5 Å². The van der Waals surface area contributed by atoms with Crippen molar-refractivity contribution in [1.82, 2.24) is 4.31 Å². The summed E-state index contributed by atoms with van der Waals surface area (Å²) in [6, 6.07) is 24.1. The number of rotatable bonds is 8. The number of hydrogen-bond donors (Lipinski definition) is 1. The van der Waals surface area contributed by atoms with Crippen LogP contribution in [0.2, 0.25) is 0 Å². The number of ether oxygens (including phenoxy) is 2. The molecule has 1 heterocycles. The van der Waals surface area contributed by atoms with E-state index in [4.69, 9.17) is 9.47 Å². The first-order valence-corrected chi connectivity index (χ1v) is 15.0. The highest BCUT2D eigenvalue weighted by atomic mass is 79.9. The summed E-state index contributed by atoms with van der Waals surface area (Å²) in [6.45, 7) is 1.45. The van der Waals surface area contributed by atoms with Crippen LogP contribution >= 0.6 is 15.9 Å². The van der Waals surface area contributed by atoms with Crippen LogP contribution in [0.3, 0.4) is 0 Å². The standard InChI is InChI=1S/C30H27BrN2O6S/c1-2-38-27-14-12-24(31)17-28(27)40(36,37)33-18-23-10-6-5-9-22(23)16-26(33)30(35)39-19-29(34)32-25-13-11-20-7-3-4-8-21(20)15-25/h3-15,17,26H,2,16,18-19H2,1H3,(H,32,34)/t26-/m1/s1. The maximum atomic E-state index is 14.0. The Balaban J connectivity index is 1.37. The molecule has 1 N–H and O–H groups in total. The molecule has 8 nitrogen and oxygen atoms in total. The lowest BCUT2D eigenvalue weighted by atomic mass is 9.96. The van der Waals surface area contributed by atoms with Gasteiger partial charge in [0.05, 0.1) is 6.61 Å². The van der Waals surface area contributed by atoms with Gasteiger partial charge in [0.2, 0.25) is 10.0 Å². The highest BCUT2D eigenvalue weighted by Gasteiger charge is 2.42. The van der Waals surface area contributed by atoms with Crippen molar-refractivity contribution in [3.05, 3.63) is 101 Å². The number of fused-ring (bicyclic) bond motifs is 2. The van der Waals surface area contributed by atoms with Crippen LogP contribution in [0.4, 0.5) is 5.69 Å². The van der Waals surface area contributed by atoms with Crippen LogP contribution in [-0.4, -0.2) is 43.9 Å². The first-order chi connectivity index (χ1) is 19.3. The Hall–Kier alpha value is -3.73. The smallest absolute Gasteiger partial charge is 0.325 e. The summed E-state index contributed by atoms with van der Waals surface area (Å²) in [6.07, 6.45) is 0.110. The number of nitrogens with zero attached hydrogens (tertiary/aromatic N) is 1. The Morgan fingerprint density at radius 2 is 1.68 bits per heavy atom. The van der Waals surface area contributed by atoms with Gasteiger partial charge < -0.3 is 14.8 Å². The van der Waals surface area contributed by atoms with Crippen LogP contribution in [0.25, 0.3) is 10.8 Å². The molecule has 4 aromatic carbocycles. The molecule has 4 aromatic rings. The molecule has 0 saturated carbocycles. The van der Waals surface area contributed by atoms with E-state index in [0.717, 1.165) is 26.2 Å². The van der Waals surface area contributed by atoms with E-state index in [1.54, 1.807) is 25.1 Å². The summed E-state index contributed by atoms with van der Waals surface area (Å²) in [7, 11) is -4.21. The largest absolute Gasteiger partial charge is 0.492 e. The summed E-state index contributed by atoms with van der Waals surface area (Å²) in [5.74, 6) is -1.15.